The lowest BCUT2D eigenvalue weighted by Gasteiger charge is -1.98. The van der Waals surface area contributed by atoms with E-state index >= 15 is 0 Å². The van der Waals surface area contributed by atoms with E-state index in [2.05, 4.69) is 25.2 Å². The monoisotopic (exact) mass is 179 g/mol. The molecule has 0 unspecified atom stereocenters. The van der Waals surface area contributed by atoms with Gasteiger partial charge < -0.3 is 9.73 Å². The first-order valence-corrected chi connectivity index (χ1v) is 4.58. The van der Waals surface area contributed by atoms with Gasteiger partial charge in [-0.3, -0.25) is 0 Å². The second-order valence-electron chi connectivity index (χ2n) is 3.42. The van der Waals surface area contributed by atoms with E-state index in [0.29, 0.717) is 0 Å². The van der Waals surface area contributed by atoms with Crippen molar-refractivity contribution in [3.63, 3.8) is 0 Å². The summed E-state index contributed by atoms with van der Waals surface area (Å²) in [5.74, 6) is 1.97. The summed E-state index contributed by atoms with van der Waals surface area (Å²) in [6.07, 6.45) is 2.16. The molecule has 0 amide bonds. The zero-order valence-corrected chi connectivity index (χ0v) is 8.55. The van der Waals surface area contributed by atoms with E-state index in [4.69, 9.17) is 4.42 Å². The van der Waals surface area contributed by atoms with E-state index in [0.717, 1.165) is 24.6 Å². The summed E-state index contributed by atoms with van der Waals surface area (Å²) in [5.41, 5.74) is 1.34. The summed E-state index contributed by atoms with van der Waals surface area (Å²) in [6, 6.07) is 3.99. The number of nitrogens with one attached hydrogen (secondary N) is 1. The van der Waals surface area contributed by atoms with E-state index in [9.17, 15) is 0 Å². The molecule has 0 saturated heterocycles. The van der Waals surface area contributed by atoms with Gasteiger partial charge in [-0.15, -0.1) is 0 Å². The molecule has 1 N–H and O–H groups in total. The maximum atomic E-state index is 5.41. The fourth-order valence-corrected chi connectivity index (χ4v) is 1.05. The number of allylic oxidation sites excluding steroid dienone is 1. The van der Waals surface area contributed by atoms with Gasteiger partial charge in [0, 0.05) is 6.54 Å². The zero-order valence-electron chi connectivity index (χ0n) is 8.55. The third-order valence-corrected chi connectivity index (χ3v) is 1.75. The van der Waals surface area contributed by atoms with Gasteiger partial charge in [0.15, 0.2) is 0 Å². The van der Waals surface area contributed by atoms with Crippen molar-refractivity contribution < 1.29 is 4.42 Å². The van der Waals surface area contributed by atoms with Gasteiger partial charge in [-0.25, -0.2) is 0 Å². The Hall–Kier alpha value is -1.02. The smallest absolute Gasteiger partial charge is 0.117 e. The van der Waals surface area contributed by atoms with Gasteiger partial charge in [0.2, 0.25) is 0 Å². The summed E-state index contributed by atoms with van der Waals surface area (Å²) in [4.78, 5) is 0. The summed E-state index contributed by atoms with van der Waals surface area (Å²) in [7, 11) is 0. The maximum absolute atomic E-state index is 5.41. The number of hydrogen-bond acceptors (Lipinski definition) is 2. The van der Waals surface area contributed by atoms with Gasteiger partial charge in [0.25, 0.3) is 0 Å². The number of furan rings is 1. The highest BCUT2D eigenvalue weighted by Gasteiger charge is 1.95. The Balaban J connectivity index is 2.24. The van der Waals surface area contributed by atoms with Crippen molar-refractivity contribution in [2.75, 3.05) is 6.54 Å². The van der Waals surface area contributed by atoms with Crippen molar-refractivity contribution in [2.45, 2.75) is 27.3 Å². The summed E-state index contributed by atoms with van der Waals surface area (Å²) in [6.45, 7) is 7.86. The number of aryl methyl sites for hydroxylation is 1. The highest BCUT2D eigenvalue weighted by Crippen LogP contribution is 2.05. The minimum atomic E-state index is 0.803. The van der Waals surface area contributed by atoms with Gasteiger partial charge in [0.05, 0.1) is 6.54 Å². The molecule has 0 aliphatic rings. The Morgan fingerprint density at radius 3 is 2.77 bits per heavy atom. The van der Waals surface area contributed by atoms with Crippen molar-refractivity contribution in [1.82, 2.24) is 5.32 Å². The maximum Gasteiger partial charge on any atom is 0.117 e. The Kier molecular flexibility index (Phi) is 3.77. The summed E-state index contributed by atoms with van der Waals surface area (Å²) >= 11 is 0. The lowest BCUT2D eigenvalue weighted by atomic mass is 10.3. The van der Waals surface area contributed by atoms with Crippen LogP contribution in [-0.4, -0.2) is 6.54 Å². The van der Waals surface area contributed by atoms with Crippen molar-refractivity contribution in [2.24, 2.45) is 0 Å². The van der Waals surface area contributed by atoms with Gasteiger partial charge in [-0.1, -0.05) is 11.6 Å². The predicted octanol–water partition coefficient (Wildman–Crippen LogP) is 2.64. The molecule has 1 aromatic heterocycles. The van der Waals surface area contributed by atoms with E-state index < -0.39 is 0 Å². The average Bonchev–Trinajstić information content (AvgIpc) is 2.45. The Bertz CT molecular complexity index is 282. The first-order valence-electron chi connectivity index (χ1n) is 4.58. The topological polar surface area (TPSA) is 25.2 Å². The van der Waals surface area contributed by atoms with E-state index in [-0.39, 0.29) is 0 Å². The van der Waals surface area contributed by atoms with Crippen LogP contribution in [0.3, 0.4) is 0 Å². The van der Waals surface area contributed by atoms with Gasteiger partial charge in [0.1, 0.15) is 11.5 Å². The van der Waals surface area contributed by atoms with Crippen LogP contribution in [0.1, 0.15) is 25.4 Å². The summed E-state index contributed by atoms with van der Waals surface area (Å²) in [5, 5.41) is 3.28. The minimum Gasteiger partial charge on any atom is -0.465 e. The normalized spacial score (nSPS) is 10.1. The van der Waals surface area contributed by atoms with Crippen LogP contribution in [0, 0.1) is 6.92 Å². The first-order chi connectivity index (χ1) is 6.18. The molecule has 2 heteroatoms. The van der Waals surface area contributed by atoms with Crippen molar-refractivity contribution in [3.05, 3.63) is 35.3 Å². The second-order valence-corrected chi connectivity index (χ2v) is 3.42. The van der Waals surface area contributed by atoms with Crippen LogP contribution in [0.2, 0.25) is 0 Å². The molecular formula is C11H17NO. The van der Waals surface area contributed by atoms with E-state index in [1.165, 1.54) is 5.57 Å². The molecule has 0 bridgehead atoms. The van der Waals surface area contributed by atoms with Gasteiger partial charge >= 0.3 is 0 Å². The van der Waals surface area contributed by atoms with Crippen molar-refractivity contribution in [1.29, 1.82) is 0 Å². The quantitative estimate of drug-likeness (QED) is 0.568. The molecule has 0 atom stereocenters. The highest BCUT2D eigenvalue weighted by atomic mass is 16.3. The predicted molar refractivity (Wildman–Crippen MR) is 54.6 cm³/mol. The molecule has 0 aromatic carbocycles. The van der Waals surface area contributed by atoms with Crippen molar-refractivity contribution in [3.8, 4) is 0 Å². The van der Waals surface area contributed by atoms with Crippen LogP contribution in [0.5, 0.6) is 0 Å². The first kappa shape index (κ1) is 10.1. The lowest BCUT2D eigenvalue weighted by Crippen LogP contribution is -2.12. The molecule has 1 rings (SSSR count). The molecule has 0 radical (unpaired) electrons. The molecular weight excluding hydrogens is 162 g/mol. The zero-order chi connectivity index (χ0) is 9.68. The Morgan fingerprint density at radius 2 is 2.23 bits per heavy atom. The van der Waals surface area contributed by atoms with Crippen LogP contribution in [0.4, 0.5) is 0 Å². The fourth-order valence-electron chi connectivity index (χ4n) is 1.05. The molecule has 0 aliphatic heterocycles. The molecule has 2 nitrogen and oxygen atoms in total. The second kappa shape index (κ2) is 4.87. The number of hydrogen-bond donors (Lipinski definition) is 1. The van der Waals surface area contributed by atoms with Crippen LogP contribution < -0.4 is 5.32 Å². The average molecular weight is 179 g/mol. The van der Waals surface area contributed by atoms with E-state index in [1.54, 1.807) is 0 Å². The Morgan fingerprint density at radius 1 is 1.46 bits per heavy atom. The van der Waals surface area contributed by atoms with Gasteiger partial charge in [-0.2, -0.15) is 0 Å². The Labute approximate surface area is 79.6 Å². The molecule has 1 aromatic rings. The highest BCUT2D eigenvalue weighted by molar-refractivity contribution is 5.05. The standard InChI is InChI=1S/C11H17NO/c1-9(2)6-7-12-8-11-5-4-10(3)13-11/h4-6,12H,7-8H2,1-3H3. The SMILES string of the molecule is CC(C)=CCNCc1ccc(C)o1. The molecule has 72 valence electrons. The van der Waals surface area contributed by atoms with E-state index in [1.807, 2.05) is 19.1 Å². The molecule has 0 aliphatic carbocycles. The van der Waals surface area contributed by atoms with Crippen LogP contribution in [-0.2, 0) is 6.54 Å². The molecule has 0 saturated carbocycles. The van der Waals surface area contributed by atoms with Crippen molar-refractivity contribution >= 4 is 0 Å². The molecule has 13 heavy (non-hydrogen) atoms. The molecule has 0 fully saturated rings. The molecule has 0 spiro atoms. The minimum absolute atomic E-state index is 0.803. The third-order valence-electron chi connectivity index (χ3n) is 1.75. The van der Waals surface area contributed by atoms with Gasteiger partial charge in [-0.05, 0) is 32.9 Å². The molecule has 1 heterocycles. The largest absolute Gasteiger partial charge is 0.465 e. The van der Waals surface area contributed by atoms with Crippen LogP contribution in [0.25, 0.3) is 0 Å². The summed E-state index contributed by atoms with van der Waals surface area (Å²) < 4.78 is 5.41. The lowest BCUT2D eigenvalue weighted by molar-refractivity contribution is 0.467. The van der Waals surface area contributed by atoms with Crippen LogP contribution in [0.15, 0.2) is 28.2 Å². The van der Waals surface area contributed by atoms with Crippen LogP contribution >= 0.6 is 0 Å². The fraction of sp³-hybridized carbons (Fsp3) is 0.455. The number of rotatable bonds is 4. The third kappa shape index (κ3) is 3.95.